The van der Waals surface area contributed by atoms with Crippen molar-refractivity contribution in [3.63, 3.8) is 0 Å². The molecule has 0 spiro atoms. The molecule has 1 unspecified atom stereocenters. The predicted octanol–water partition coefficient (Wildman–Crippen LogP) is 3.51. The predicted molar refractivity (Wildman–Crippen MR) is 120 cm³/mol. The average molecular weight is 442 g/mol. The molecule has 9 heteroatoms. The van der Waals surface area contributed by atoms with Crippen molar-refractivity contribution in [2.24, 2.45) is 0 Å². The summed E-state index contributed by atoms with van der Waals surface area (Å²) in [5, 5.41) is 8.11. The molecule has 164 valence electrons. The first-order chi connectivity index (χ1) is 14.9. The fourth-order valence-corrected chi connectivity index (χ4v) is 4.03. The summed E-state index contributed by atoms with van der Waals surface area (Å²) in [6.07, 6.45) is 4.29. The van der Waals surface area contributed by atoms with Gasteiger partial charge in [-0.05, 0) is 57.6 Å². The highest BCUT2D eigenvalue weighted by atomic mass is 32.2. The number of carbonyl (C=O) groups is 1. The molecular weight excluding hydrogens is 414 g/mol. The number of aromatic nitrogens is 4. The van der Waals surface area contributed by atoms with E-state index in [1.165, 1.54) is 11.8 Å². The monoisotopic (exact) mass is 441 g/mol. The molecule has 1 atom stereocenters. The molecule has 1 amide bonds. The van der Waals surface area contributed by atoms with Crippen LogP contribution in [0.25, 0.3) is 5.78 Å². The Labute approximate surface area is 185 Å². The number of ether oxygens (including phenoxy) is 2. The van der Waals surface area contributed by atoms with Crippen molar-refractivity contribution >= 4 is 29.1 Å². The van der Waals surface area contributed by atoms with E-state index in [2.05, 4.69) is 20.4 Å². The normalized spacial score (nSPS) is 16.1. The van der Waals surface area contributed by atoms with Gasteiger partial charge in [-0.15, -0.1) is 5.10 Å². The summed E-state index contributed by atoms with van der Waals surface area (Å²) in [7, 11) is 0. The van der Waals surface area contributed by atoms with Gasteiger partial charge in [0.15, 0.2) is 0 Å². The Bertz CT molecular complexity index is 1110. The van der Waals surface area contributed by atoms with Crippen LogP contribution in [0.15, 0.2) is 23.4 Å². The Kier molecular flexibility index (Phi) is 6.43. The summed E-state index contributed by atoms with van der Waals surface area (Å²) in [4.78, 5) is 21.8. The second-order valence-electron chi connectivity index (χ2n) is 7.74. The van der Waals surface area contributed by atoms with Gasteiger partial charge in [-0.3, -0.25) is 4.79 Å². The van der Waals surface area contributed by atoms with Crippen molar-refractivity contribution in [2.75, 3.05) is 24.8 Å². The highest BCUT2D eigenvalue weighted by molar-refractivity contribution is 7.98. The average Bonchev–Trinajstić information content (AvgIpc) is 3.41. The van der Waals surface area contributed by atoms with Gasteiger partial charge in [-0.25, -0.2) is 9.50 Å². The Balaban J connectivity index is 1.51. The lowest BCUT2D eigenvalue weighted by Gasteiger charge is -2.16. The summed E-state index contributed by atoms with van der Waals surface area (Å²) in [6, 6.07) is 5.77. The summed E-state index contributed by atoms with van der Waals surface area (Å²) in [5.41, 5.74) is 4.21. The molecule has 3 heterocycles. The first-order valence-electron chi connectivity index (χ1n) is 10.4. The number of rotatable bonds is 7. The van der Waals surface area contributed by atoms with Crippen LogP contribution in [-0.2, 0) is 16.0 Å². The van der Waals surface area contributed by atoms with E-state index in [1.54, 1.807) is 4.52 Å². The second-order valence-corrected chi connectivity index (χ2v) is 8.52. The van der Waals surface area contributed by atoms with Crippen molar-refractivity contribution < 1.29 is 14.3 Å². The zero-order valence-electron chi connectivity index (χ0n) is 18.3. The molecule has 0 radical (unpaired) electrons. The molecule has 1 N–H and O–H groups in total. The van der Waals surface area contributed by atoms with Gasteiger partial charge in [0, 0.05) is 23.6 Å². The molecule has 2 aromatic heterocycles. The maximum atomic E-state index is 12.9. The number of aryl methyl sites for hydroxylation is 3. The molecule has 1 aromatic carbocycles. The highest BCUT2D eigenvalue weighted by Gasteiger charge is 2.19. The van der Waals surface area contributed by atoms with Crippen LogP contribution < -0.4 is 10.1 Å². The molecule has 1 aliphatic heterocycles. The number of benzene rings is 1. The van der Waals surface area contributed by atoms with E-state index in [4.69, 9.17) is 9.47 Å². The van der Waals surface area contributed by atoms with Crippen molar-refractivity contribution in [1.29, 1.82) is 0 Å². The van der Waals surface area contributed by atoms with Crippen molar-refractivity contribution in [3.8, 4) is 5.75 Å². The van der Waals surface area contributed by atoms with Crippen LogP contribution in [0.5, 0.6) is 5.75 Å². The number of anilines is 1. The number of amides is 1. The van der Waals surface area contributed by atoms with Crippen LogP contribution in [0.3, 0.4) is 0 Å². The SMILES string of the molecule is CSc1nc2nc(C)c(CC(=O)Nc3ccc(C)cc3OCC3CCCO3)c(C)n2n1. The Morgan fingerprint density at radius 3 is 2.90 bits per heavy atom. The largest absolute Gasteiger partial charge is 0.489 e. The number of hydrogen-bond acceptors (Lipinski definition) is 7. The third-order valence-electron chi connectivity index (χ3n) is 5.41. The van der Waals surface area contributed by atoms with E-state index in [1.807, 2.05) is 45.2 Å². The summed E-state index contributed by atoms with van der Waals surface area (Å²) >= 11 is 1.46. The Hall–Kier alpha value is -2.65. The Morgan fingerprint density at radius 1 is 1.32 bits per heavy atom. The van der Waals surface area contributed by atoms with Gasteiger partial charge in [-0.1, -0.05) is 17.8 Å². The number of fused-ring (bicyclic) bond motifs is 1. The third kappa shape index (κ3) is 4.83. The van der Waals surface area contributed by atoms with Gasteiger partial charge in [0.2, 0.25) is 11.1 Å². The minimum Gasteiger partial charge on any atom is -0.489 e. The maximum absolute atomic E-state index is 12.9. The fourth-order valence-electron chi connectivity index (χ4n) is 3.70. The molecule has 31 heavy (non-hydrogen) atoms. The highest BCUT2D eigenvalue weighted by Crippen LogP contribution is 2.27. The van der Waals surface area contributed by atoms with Gasteiger partial charge < -0.3 is 14.8 Å². The molecule has 8 nitrogen and oxygen atoms in total. The van der Waals surface area contributed by atoms with Gasteiger partial charge >= 0.3 is 0 Å². The van der Waals surface area contributed by atoms with Gasteiger partial charge in [-0.2, -0.15) is 4.98 Å². The molecule has 1 aliphatic rings. The summed E-state index contributed by atoms with van der Waals surface area (Å²) in [5.74, 6) is 1.07. The molecule has 1 fully saturated rings. The summed E-state index contributed by atoms with van der Waals surface area (Å²) < 4.78 is 13.3. The minimum atomic E-state index is -0.136. The molecule has 1 saturated heterocycles. The zero-order valence-corrected chi connectivity index (χ0v) is 19.1. The quantitative estimate of drug-likeness (QED) is 0.561. The Morgan fingerprint density at radius 2 is 2.16 bits per heavy atom. The lowest BCUT2D eigenvalue weighted by atomic mass is 10.1. The smallest absolute Gasteiger partial charge is 0.253 e. The number of thioether (sulfide) groups is 1. The van der Waals surface area contributed by atoms with Crippen LogP contribution in [0.1, 0.15) is 35.4 Å². The maximum Gasteiger partial charge on any atom is 0.253 e. The molecule has 0 aliphatic carbocycles. The standard InChI is InChI=1S/C22H27N5O3S/c1-13-7-8-18(19(10-13)30-12-16-6-5-9-29-16)24-20(28)11-17-14(2)23-21-25-22(31-4)26-27(21)15(17)3/h7-8,10,16H,5-6,9,11-12H2,1-4H3,(H,24,28). The number of hydrogen-bond donors (Lipinski definition) is 1. The number of carbonyl (C=O) groups excluding carboxylic acids is 1. The molecule has 0 saturated carbocycles. The van der Waals surface area contributed by atoms with Crippen molar-refractivity contribution in [1.82, 2.24) is 19.6 Å². The van der Waals surface area contributed by atoms with E-state index >= 15 is 0 Å². The van der Waals surface area contributed by atoms with Gasteiger partial charge in [0.1, 0.15) is 12.4 Å². The van der Waals surface area contributed by atoms with Crippen LogP contribution >= 0.6 is 11.8 Å². The number of nitrogens with zero attached hydrogens (tertiary/aromatic N) is 4. The van der Waals surface area contributed by atoms with Crippen LogP contribution in [-0.4, -0.2) is 51.1 Å². The van der Waals surface area contributed by atoms with E-state index < -0.39 is 0 Å². The lowest BCUT2D eigenvalue weighted by molar-refractivity contribution is -0.115. The van der Waals surface area contributed by atoms with Crippen LogP contribution in [0.2, 0.25) is 0 Å². The van der Waals surface area contributed by atoms with E-state index in [0.717, 1.165) is 42.0 Å². The summed E-state index contributed by atoms with van der Waals surface area (Å²) in [6.45, 7) is 7.09. The first kappa shape index (κ1) is 21.6. The van der Waals surface area contributed by atoms with E-state index in [-0.39, 0.29) is 18.4 Å². The van der Waals surface area contributed by atoms with E-state index in [9.17, 15) is 4.79 Å². The third-order valence-corrected chi connectivity index (χ3v) is 5.95. The van der Waals surface area contributed by atoms with Gasteiger partial charge in [0.05, 0.1) is 18.2 Å². The molecule has 4 rings (SSSR count). The fraction of sp³-hybridized carbons (Fsp3) is 0.455. The minimum absolute atomic E-state index is 0.112. The van der Waals surface area contributed by atoms with E-state index in [0.29, 0.717) is 29.0 Å². The van der Waals surface area contributed by atoms with Crippen LogP contribution in [0.4, 0.5) is 5.69 Å². The topological polar surface area (TPSA) is 90.6 Å². The molecule has 0 bridgehead atoms. The van der Waals surface area contributed by atoms with Crippen LogP contribution in [0, 0.1) is 20.8 Å². The second kappa shape index (κ2) is 9.23. The zero-order chi connectivity index (χ0) is 22.0. The lowest BCUT2D eigenvalue weighted by Crippen LogP contribution is -2.20. The van der Waals surface area contributed by atoms with Gasteiger partial charge in [0.25, 0.3) is 5.78 Å². The molecular formula is C22H27N5O3S. The number of nitrogens with one attached hydrogen (secondary N) is 1. The first-order valence-corrected chi connectivity index (χ1v) is 11.6. The molecule has 3 aromatic rings. The van der Waals surface area contributed by atoms with Crippen molar-refractivity contribution in [3.05, 3.63) is 40.7 Å². The van der Waals surface area contributed by atoms with Crippen molar-refractivity contribution in [2.45, 2.75) is 51.3 Å².